The van der Waals surface area contributed by atoms with Gasteiger partial charge in [-0.25, -0.2) is 4.79 Å². The highest BCUT2D eigenvalue weighted by molar-refractivity contribution is 5.83. The van der Waals surface area contributed by atoms with Crippen LogP contribution >= 0.6 is 0 Å². The molecule has 0 bridgehead atoms. The molecule has 112 valence electrons. The second-order valence-electron chi connectivity index (χ2n) is 6.03. The van der Waals surface area contributed by atoms with Crippen molar-refractivity contribution >= 4 is 16.9 Å². The van der Waals surface area contributed by atoms with Gasteiger partial charge in [0.15, 0.2) is 0 Å². The monoisotopic (exact) mass is 287 g/mol. The highest BCUT2D eigenvalue weighted by Crippen LogP contribution is 2.18. The van der Waals surface area contributed by atoms with E-state index in [9.17, 15) is 4.79 Å². The van der Waals surface area contributed by atoms with Crippen LogP contribution in [0.2, 0.25) is 0 Å². The largest absolute Gasteiger partial charge is 0.444 e. The molecule has 0 heterocycles. The number of alkyl carbamates (subject to hydrolysis) is 1. The van der Waals surface area contributed by atoms with Gasteiger partial charge in [0, 0.05) is 6.54 Å². The van der Waals surface area contributed by atoms with E-state index in [4.69, 9.17) is 9.84 Å². The molecule has 2 aromatic carbocycles. The number of amides is 1. The molecule has 0 atom stereocenters. The van der Waals surface area contributed by atoms with Crippen LogP contribution in [0.25, 0.3) is 10.8 Å². The fourth-order valence-electron chi connectivity index (χ4n) is 2.04. The van der Waals surface area contributed by atoms with Crippen molar-refractivity contribution in [2.45, 2.75) is 39.5 Å². The lowest BCUT2D eigenvalue weighted by atomic mass is 10.0. The maximum Gasteiger partial charge on any atom is 0.407 e. The third-order valence-corrected chi connectivity index (χ3v) is 2.99. The van der Waals surface area contributed by atoms with E-state index in [0.29, 0.717) is 6.54 Å². The van der Waals surface area contributed by atoms with Crippen molar-refractivity contribution in [2.75, 3.05) is 0 Å². The summed E-state index contributed by atoms with van der Waals surface area (Å²) in [5.41, 5.74) is 1.40. The summed E-state index contributed by atoms with van der Waals surface area (Å²) in [6.07, 6.45) is -0.418. The second-order valence-corrected chi connectivity index (χ2v) is 6.03. The molecular formula is C17H21NO3. The highest BCUT2D eigenvalue weighted by atomic mass is 16.6. The Morgan fingerprint density at radius 1 is 1.10 bits per heavy atom. The van der Waals surface area contributed by atoms with Gasteiger partial charge in [-0.05, 0) is 54.8 Å². The Morgan fingerprint density at radius 3 is 2.24 bits per heavy atom. The molecule has 0 spiro atoms. The lowest BCUT2D eigenvalue weighted by molar-refractivity contribution is 0.0523. The zero-order valence-electron chi connectivity index (χ0n) is 12.6. The number of hydrogen-bond donors (Lipinski definition) is 2. The fourth-order valence-corrected chi connectivity index (χ4v) is 2.04. The molecule has 0 radical (unpaired) electrons. The van der Waals surface area contributed by atoms with Crippen molar-refractivity contribution in [3.8, 4) is 0 Å². The Balaban J connectivity index is 2.04. The smallest absolute Gasteiger partial charge is 0.407 e. The number of rotatable bonds is 3. The quantitative estimate of drug-likeness (QED) is 0.910. The van der Waals surface area contributed by atoms with E-state index in [1.165, 1.54) is 0 Å². The minimum absolute atomic E-state index is 0.0396. The number of hydrogen-bond acceptors (Lipinski definition) is 3. The first-order valence-electron chi connectivity index (χ1n) is 6.97. The lowest BCUT2D eigenvalue weighted by Crippen LogP contribution is -2.32. The van der Waals surface area contributed by atoms with Gasteiger partial charge in [0.25, 0.3) is 0 Å². The van der Waals surface area contributed by atoms with Gasteiger partial charge in [-0.15, -0.1) is 0 Å². The highest BCUT2D eigenvalue weighted by Gasteiger charge is 2.15. The third kappa shape index (κ3) is 4.46. The molecule has 0 unspecified atom stereocenters. The maximum absolute atomic E-state index is 11.6. The van der Waals surface area contributed by atoms with E-state index in [2.05, 4.69) is 5.32 Å². The van der Waals surface area contributed by atoms with Gasteiger partial charge in [0.2, 0.25) is 0 Å². The SMILES string of the molecule is CC(C)(C)OC(=O)NCc1ccc2cc(CO)ccc2c1. The number of fused-ring (bicyclic) bond motifs is 1. The molecular weight excluding hydrogens is 266 g/mol. The van der Waals surface area contributed by atoms with E-state index < -0.39 is 11.7 Å². The summed E-state index contributed by atoms with van der Waals surface area (Å²) < 4.78 is 5.20. The third-order valence-electron chi connectivity index (χ3n) is 2.99. The Kier molecular flexibility index (Phi) is 4.48. The topological polar surface area (TPSA) is 58.6 Å². The number of ether oxygens (including phenoxy) is 1. The molecule has 0 fully saturated rings. The molecule has 21 heavy (non-hydrogen) atoms. The summed E-state index contributed by atoms with van der Waals surface area (Å²) in [4.78, 5) is 11.6. The standard InChI is InChI=1S/C17H21NO3/c1-17(2,3)21-16(20)18-10-12-4-6-15-9-13(11-19)5-7-14(15)8-12/h4-9,19H,10-11H2,1-3H3,(H,18,20). The van der Waals surface area contributed by atoms with Gasteiger partial charge in [-0.2, -0.15) is 0 Å². The summed E-state index contributed by atoms with van der Waals surface area (Å²) in [6.45, 7) is 5.97. The van der Waals surface area contributed by atoms with E-state index in [-0.39, 0.29) is 6.61 Å². The Labute approximate surface area is 124 Å². The normalized spacial score (nSPS) is 11.4. The molecule has 4 nitrogen and oxygen atoms in total. The second kappa shape index (κ2) is 6.14. The first-order chi connectivity index (χ1) is 9.87. The number of carbonyl (C=O) groups is 1. The molecule has 0 aliphatic rings. The van der Waals surface area contributed by atoms with E-state index in [1.807, 2.05) is 57.2 Å². The molecule has 4 heteroatoms. The lowest BCUT2D eigenvalue weighted by Gasteiger charge is -2.19. The van der Waals surface area contributed by atoms with Gasteiger partial charge in [-0.3, -0.25) is 0 Å². The maximum atomic E-state index is 11.6. The molecule has 2 rings (SSSR count). The van der Waals surface area contributed by atoms with Gasteiger partial charge in [-0.1, -0.05) is 24.3 Å². The zero-order chi connectivity index (χ0) is 15.5. The van der Waals surface area contributed by atoms with Crippen LogP contribution in [0.1, 0.15) is 31.9 Å². The van der Waals surface area contributed by atoms with Crippen LogP contribution < -0.4 is 5.32 Å². The number of carbonyl (C=O) groups excluding carboxylic acids is 1. The van der Waals surface area contributed by atoms with Crippen molar-refractivity contribution in [1.29, 1.82) is 0 Å². The van der Waals surface area contributed by atoms with E-state index in [0.717, 1.165) is 21.9 Å². The van der Waals surface area contributed by atoms with Crippen LogP contribution in [0, 0.1) is 0 Å². The molecule has 0 saturated carbocycles. The van der Waals surface area contributed by atoms with Crippen LogP contribution in [0.15, 0.2) is 36.4 Å². The van der Waals surface area contributed by atoms with E-state index in [1.54, 1.807) is 0 Å². The summed E-state index contributed by atoms with van der Waals surface area (Å²) in [7, 11) is 0. The summed E-state index contributed by atoms with van der Waals surface area (Å²) in [6, 6.07) is 11.8. The molecule has 2 N–H and O–H groups in total. The molecule has 2 aromatic rings. The number of nitrogens with one attached hydrogen (secondary N) is 1. The van der Waals surface area contributed by atoms with Crippen molar-refractivity contribution in [1.82, 2.24) is 5.32 Å². The van der Waals surface area contributed by atoms with Crippen LogP contribution in [-0.2, 0) is 17.9 Å². The Morgan fingerprint density at radius 2 is 1.67 bits per heavy atom. The van der Waals surface area contributed by atoms with Crippen LogP contribution in [0.4, 0.5) is 4.79 Å². The zero-order valence-corrected chi connectivity index (χ0v) is 12.6. The average molecular weight is 287 g/mol. The van der Waals surface area contributed by atoms with Gasteiger partial charge in [0.1, 0.15) is 5.60 Å². The molecule has 0 aromatic heterocycles. The van der Waals surface area contributed by atoms with Gasteiger partial charge >= 0.3 is 6.09 Å². The molecule has 0 aliphatic heterocycles. The van der Waals surface area contributed by atoms with Crippen molar-refractivity contribution in [3.63, 3.8) is 0 Å². The first kappa shape index (κ1) is 15.3. The number of aliphatic hydroxyl groups is 1. The van der Waals surface area contributed by atoms with Crippen molar-refractivity contribution in [2.24, 2.45) is 0 Å². The van der Waals surface area contributed by atoms with Crippen molar-refractivity contribution < 1.29 is 14.6 Å². The predicted molar refractivity (Wildman–Crippen MR) is 82.9 cm³/mol. The minimum atomic E-state index is -0.492. The Bertz CT molecular complexity index is 644. The molecule has 1 amide bonds. The minimum Gasteiger partial charge on any atom is -0.444 e. The summed E-state index contributed by atoms with van der Waals surface area (Å²) in [5, 5.41) is 14.0. The van der Waals surface area contributed by atoms with Crippen LogP contribution in [0.5, 0.6) is 0 Å². The van der Waals surface area contributed by atoms with Crippen LogP contribution in [0.3, 0.4) is 0 Å². The summed E-state index contributed by atoms with van der Waals surface area (Å²) >= 11 is 0. The first-order valence-corrected chi connectivity index (χ1v) is 6.97. The van der Waals surface area contributed by atoms with Gasteiger partial charge < -0.3 is 15.2 Å². The van der Waals surface area contributed by atoms with Crippen molar-refractivity contribution in [3.05, 3.63) is 47.5 Å². The number of benzene rings is 2. The number of aliphatic hydroxyl groups excluding tert-OH is 1. The predicted octanol–water partition coefficient (Wildman–Crippen LogP) is 3.36. The summed E-state index contributed by atoms with van der Waals surface area (Å²) in [5.74, 6) is 0. The Hall–Kier alpha value is -2.07. The van der Waals surface area contributed by atoms with Crippen LogP contribution in [-0.4, -0.2) is 16.8 Å². The fraction of sp³-hybridized carbons (Fsp3) is 0.353. The van der Waals surface area contributed by atoms with Gasteiger partial charge in [0.05, 0.1) is 6.61 Å². The molecule has 0 saturated heterocycles. The molecule has 0 aliphatic carbocycles. The van der Waals surface area contributed by atoms with E-state index >= 15 is 0 Å². The average Bonchev–Trinajstić information content (AvgIpc) is 2.42.